The summed E-state index contributed by atoms with van der Waals surface area (Å²) in [5, 5.41) is 0. The third-order valence-corrected chi connectivity index (χ3v) is 6.25. The summed E-state index contributed by atoms with van der Waals surface area (Å²) in [6.07, 6.45) is 5.73. The first-order valence-electron chi connectivity index (χ1n) is 7.75. The minimum absolute atomic E-state index is 0.0782. The maximum absolute atomic E-state index is 12.1. The number of sulfone groups is 1. The summed E-state index contributed by atoms with van der Waals surface area (Å²) in [7, 11) is -2.95. The molecule has 0 spiro atoms. The van der Waals surface area contributed by atoms with Gasteiger partial charge in [-0.3, -0.25) is 9.80 Å². The number of fused-ring (bicyclic) bond motifs is 1. The fraction of sp³-hybridized carbons (Fsp3) is 0.667. The number of hydrogen-bond donors (Lipinski definition) is 1. The Balaban J connectivity index is 1.76. The van der Waals surface area contributed by atoms with E-state index < -0.39 is 9.84 Å². The molecule has 2 atom stereocenters. The van der Waals surface area contributed by atoms with Crippen LogP contribution in [-0.4, -0.2) is 71.4 Å². The number of nitrogens with zero attached hydrogens (tertiary/aromatic N) is 3. The van der Waals surface area contributed by atoms with Gasteiger partial charge in [-0.15, -0.1) is 0 Å². The van der Waals surface area contributed by atoms with Crippen LogP contribution in [0, 0.1) is 0 Å². The molecule has 0 radical (unpaired) electrons. The Labute approximate surface area is 132 Å². The van der Waals surface area contributed by atoms with Gasteiger partial charge in [0, 0.05) is 44.1 Å². The molecule has 1 N–H and O–H groups in total. The molecule has 1 aromatic rings. The van der Waals surface area contributed by atoms with Gasteiger partial charge in [-0.25, -0.2) is 13.4 Å². The van der Waals surface area contributed by atoms with Crippen molar-refractivity contribution in [3.8, 4) is 0 Å². The first kappa shape index (κ1) is 15.7. The normalized spacial score (nSPS) is 28.5. The van der Waals surface area contributed by atoms with Crippen molar-refractivity contribution in [2.75, 3.05) is 31.1 Å². The minimum atomic E-state index is -2.95. The Morgan fingerprint density at radius 1 is 1.32 bits per heavy atom. The summed E-state index contributed by atoms with van der Waals surface area (Å²) >= 11 is 0. The van der Waals surface area contributed by atoms with Gasteiger partial charge in [0.2, 0.25) is 0 Å². The van der Waals surface area contributed by atoms with E-state index in [-0.39, 0.29) is 23.6 Å². The van der Waals surface area contributed by atoms with E-state index in [0.717, 1.165) is 25.5 Å². The molecule has 0 amide bonds. The molecule has 22 heavy (non-hydrogen) atoms. The van der Waals surface area contributed by atoms with Gasteiger partial charge in [-0.2, -0.15) is 0 Å². The molecular weight excluding hydrogens is 300 g/mol. The van der Waals surface area contributed by atoms with Crippen LogP contribution < -0.4 is 0 Å². The maximum Gasteiger partial charge on any atom is 0.153 e. The molecule has 3 heterocycles. The highest BCUT2D eigenvalue weighted by Gasteiger charge is 2.46. The number of aromatic nitrogens is 2. The quantitative estimate of drug-likeness (QED) is 0.824. The van der Waals surface area contributed by atoms with Crippen LogP contribution in [0.25, 0.3) is 0 Å². The van der Waals surface area contributed by atoms with Gasteiger partial charge in [0.25, 0.3) is 0 Å². The number of piperazine rings is 1. The van der Waals surface area contributed by atoms with Crippen LogP contribution in [0.5, 0.6) is 0 Å². The molecule has 2 aliphatic rings. The van der Waals surface area contributed by atoms with Gasteiger partial charge in [-0.1, -0.05) is 11.6 Å². The van der Waals surface area contributed by atoms with Gasteiger partial charge in [-0.05, 0) is 13.8 Å². The fourth-order valence-corrected chi connectivity index (χ4v) is 5.44. The number of nitrogens with one attached hydrogen (secondary N) is 1. The second-order valence-corrected chi connectivity index (χ2v) is 8.65. The molecule has 1 aromatic heterocycles. The molecule has 2 saturated heterocycles. The fourth-order valence-electron chi connectivity index (χ4n) is 3.40. The number of imidazole rings is 1. The van der Waals surface area contributed by atoms with Gasteiger partial charge < -0.3 is 4.98 Å². The second kappa shape index (κ2) is 6.14. The predicted octanol–water partition coefficient (Wildman–Crippen LogP) is 0.659. The Morgan fingerprint density at radius 2 is 2.00 bits per heavy atom. The van der Waals surface area contributed by atoms with Gasteiger partial charge >= 0.3 is 0 Å². The first-order chi connectivity index (χ1) is 10.4. The Hall–Kier alpha value is -1.18. The number of rotatable bonds is 4. The van der Waals surface area contributed by atoms with E-state index in [1.54, 1.807) is 6.20 Å². The Bertz CT molecular complexity index is 635. The van der Waals surface area contributed by atoms with Crippen molar-refractivity contribution in [1.82, 2.24) is 19.8 Å². The lowest BCUT2D eigenvalue weighted by molar-refractivity contribution is 0.0463. The lowest BCUT2D eigenvalue weighted by atomic mass is 10.0. The highest BCUT2D eigenvalue weighted by atomic mass is 32.2. The molecule has 2 fully saturated rings. The molecule has 0 aromatic carbocycles. The molecule has 122 valence electrons. The van der Waals surface area contributed by atoms with Crippen LogP contribution >= 0.6 is 0 Å². The lowest BCUT2D eigenvalue weighted by Gasteiger charge is -2.43. The van der Waals surface area contributed by atoms with E-state index in [1.807, 2.05) is 6.20 Å². The zero-order chi connectivity index (χ0) is 15.7. The smallest absolute Gasteiger partial charge is 0.153 e. The average molecular weight is 324 g/mol. The second-order valence-electron chi connectivity index (χ2n) is 6.49. The molecular formula is C15H24N4O2S. The Kier molecular flexibility index (Phi) is 4.38. The topological polar surface area (TPSA) is 69.3 Å². The standard InChI is InChI=1S/C15H24N4O2S/c1-12(2)3-6-18-7-8-19(9-15-16-4-5-17-15)14-11-22(20,21)10-13(14)18/h3-5,13-14H,6-11H2,1-2H3,(H,16,17)/t13-,14+/m0/s1. The highest BCUT2D eigenvalue weighted by Crippen LogP contribution is 2.27. The molecule has 7 heteroatoms. The molecule has 0 saturated carbocycles. The van der Waals surface area contributed by atoms with Crippen LogP contribution in [0.1, 0.15) is 19.7 Å². The SMILES string of the molecule is CC(C)=CCN1CCN(Cc2ncc[nH]2)[C@@H]2CS(=O)(=O)C[C@@H]21. The van der Waals surface area contributed by atoms with Crippen molar-refractivity contribution in [2.24, 2.45) is 0 Å². The van der Waals surface area contributed by atoms with Gasteiger partial charge in [0.05, 0.1) is 18.1 Å². The summed E-state index contributed by atoms with van der Waals surface area (Å²) in [5.41, 5.74) is 1.27. The van der Waals surface area contributed by atoms with Gasteiger partial charge in [0.15, 0.2) is 9.84 Å². The van der Waals surface area contributed by atoms with E-state index in [2.05, 4.69) is 39.7 Å². The number of aromatic amines is 1. The van der Waals surface area contributed by atoms with Crippen LogP contribution in [0.4, 0.5) is 0 Å². The molecule has 0 unspecified atom stereocenters. The molecule has 2 aliphatic heterocycles. The van der Waals surface area contributed by atoms with E-state index in [9.17, 15) is 8.42 Å². The number of hydrogen-bond acceptors (Lipinski definition) is 5. The Morgan fingerprint density at radius 3 is 2.64 bits per heavy atom. The van der Waals surface area contributed by atoms with E-state index in [4.69, 9.17) is 0 Å². The number of H-pyrrole nitrogens is 1. The third kappa shape index (κ3) is 3.42. The minimum Gasteiger partial charge on any atom is -0.348 e. The lowest BCUT2D eigenvalue weighted by Crippen LogP contribution is -2.58. The zero-order valence-electron chi connectivity index (χ0n) is 13.2. The van der Waals surface area contributed by atoms with Crippen LogP contribution in [0.2, 0.25) is 0 Å². The first-order valence-corrected chi connectivity index (χ1v) is 9.57. The summed E-state index contributed by atoms with van der Waals surface area (Å²) in [5.74, 6) is 1.45. The molecule has 0 bridgehead atoms. The molecule has 3 rings (SSSR count). The van der Waals surface area contributed by atoms with Gasteiger partial charge in [0.1, 0.15) is 5.82 Å². The largest absolute Gasteiger partial charge is 0.348 e. The predicted molar refractivity (Wildman–Crippen MR) is 86.2 cm³/mol. The monoisotopic (exact) mass is 324 g/mol. The maximum atomic E-state index is 12.1. The van der Waals surface area contributed by atoms with Crippen molar-refractivity contribution in [3.63, 3.8) is 0 Å². The molecule has 0 aliphatic carbocycles. The van der Waals surface area contributed by atoms with Crippen molar-refractivity contribution in [3.05, 3.63) is 29.9 Å². The van der Waals surface area contributed by atoms with Crippen molar-refractivity contribution >= 4 is 9.84 Å². The summed E-state index contributed by atoms with van der Waals surface area (Å²) in [6, 6.07) is 0.179. The van der Waals surface area contributed by atoms with Crippen LogP contribution in [0.15, 0.2) is 24.0 Å². The summed E-state index contributed by atoms with van der Waals surface area (Å²) in [6.45, 7) is 7.48. The zero-order valence-corrected chi connectivity index (χ0v) is 14.0. The highest BCUT2D eigenvalue weighted by molar-refractivity contribution is 7.91. The van der Waals surface area contributed by atoms with Crippen molar-refractivity contribution in [2.45, 2.75) is 32.5 Å². The summed E-state index contributed by atoms with van der Waals surface area (Å²) < 4.78 is 24.3. The van der Waals surface area contributed by atoms with Crippen molar-refractivity contribution in [1.29, 1.82) is 0 Å². The molecule has 6 nitrogen and oxygen atoms in total. The van der Waals surface area contributed by atoms with E-state index in [1.165, 1.54) is 5.57 Å². The summed E-state index contributed by atoms with van der Waals surface area (Å²) in [4.78, 5) is 12.0. The van der Waals surface area contributed by atoms with Crippen molar-refractivity contribution < 1.29 is 8.42 Å². The average Bonchev–Trinajstić information content (AvgIpc) is 3.04. The van der Waals surface area contributed by atoms with Crippen LogP contribution in [-0.2, 0) is 16.4 Å². The van der Waals surface area contributed by atoms with E-state index >= 15 is 0 Å². The third-order valence-electron chi connectivity index (χ3n) is 4.55. The number of allylic oxidation sites excluding steroid dienone is 1. The van der Waals surface area contributed by atoms with E-state index in [0.29, 0.717) is 6.54 Å². The van der Waals surface area contributed by atoms with Crippen LogP contribution in [0.3, 0.4) is 0 Å².